The predicted octanol–water partition coefficient (Wildman–Crippen LogP) is 10.8. The second-order valence-corrected chi connectivity index (χ2v) is 12.7. The molecule has 0 radical (unpaired) electrons. The van der Waals surface area contributed by atoms with Crippen molar-refractivity contribution in [3.8, 4) is 90.7 Å². The van der Waals surface area contributed by atoms with Crippen molar-refractivity contribution >= 4 is 0 Å². The summed E-state index contributed by atoms with van der Waals surface area (Å²) in [6, 6.07) is 60.6. The van der Waals surface area contributed by atoms with Crippen molar-refractivity contribution in [2.45, 2.75) is 0 Å². The summed E-state index contributed by atoms with van der Waals surface area (Å²) in [6.45, 7) is 0. The normalized spacial score (nSPS) is 11.0. The van der Waals surface area contributed by atoms with Gasteiger partial charge in [0.2, 0.25) is 0 Å². The van der Waals surface area contributed by atoms with Crippen LogP contribution >= 0.6 is 0 Å². The third kappa shape index (κ3) is 6.89. The molecule has 7 heteroatoms. The zero-order valence-electron chi connectivity index (χ0n) is 29.0. The highest BCUT2D eigenvalue weighted by Gasteiger charge is 2.17. The fraction of sp³-hybridized carbons (Fsp3) is 0. The van der Waals surface area contributed by atoms with Crippen molar-refractivity contribution in [3.05, 3.63) is 188 Å². The summed E-state index contributed by atoms with van der Waals surface area (Å²) in [6.07, 6.45) is 1.81. The van der Waals surface area contributed by atoms with Crippen LogP contribution in [0.3, 0.4) is 0 Å². The van der Waals surface area contributed by atoms with Crippen LogP contribution in [0, 0.1) is 0 Å². The molecule has 0 aliphatic carbocycles. The third-order valence-electron chi connectivity index (χ3n) is 9.00. The summed E-state index contributed by atoms with van der Waals surface area (Å²) in [7, 11) is 0. The van der Waals surface area contributed by atoms with E-state index in [2.05, 4.69) is 30.3 Å². The van der Waals surface area contributed by atoms with E-state index >= 15 is 0 Å². The molecule has 0 fully saturated rings. The van der Waals surface area contributed by atoms with Crippen LogP contribution in [0.25, 0.3) is 90.7 Å². The number of hydrogen-bond donors (Lipinski definition) is 0. The molecule has 3 aromatic heterocycles. The zero-order chi connectivity index (χ0) is 36.1. The van der Waals surface area contributed by atoms with Gasteiger partial charge in [-0.2, -0.15) is 0 Å². The lowest BCUT2D eigenvalue weighted by molar-refractivity contribution is 1.07. The van der Waals surface area contributed by atoms with E-state index in [1.807, 2.05) is 158 Å². The molecule has 0 atom stereocenters. The summed E-state index contributed by atoms with van der Waals surface area (Å²) >= 11 is 0. The molecule has 0 spiro atoms. The minimum absolute atomic E-state index is 0.565. The molecule has 9 rings (SSSR count). The quantitative estimate of drug-likeness (QED) is 0.156. The van der Waals surface area contributed by atoms with Crippen LogP contribution in [-0.2, 0) is 0 Å². The first-order valence-electron chi connectivity index (χ1n) is 17.6. The number of nitrogens with zero attached hydrogens (tertiary/aromatic N) is 7. The van der Waals surface area contributed by atoms with Gasteiger partial charge in [0.05, 0.1) is 5.69 Å². The molecule has 254 valence electrons. The summed E-state index contributed by atoms with van der Waals surface area (Å²) in [5, 5.41) is 0. The Morgan fingerprint density at radius 1 is 0.222 bits per heavy atom. The van der Waals surface area contributed by atoms with Gasteiger partial charge in [-0.25, -0.2) is 29.9 Å². The first-order valence-corrected chi connectivity index (χ1v) is 17.6. The number of benzene rings is 6. The van der Waals surface area contributed by atoms with Crippen molar-refractivity contribution in [2.24, 2.45) is 0 Å². The molecule has 0 N–H and O–H groups in total. The van der Waals surface area contributed by atoms with Gasteiger partial charge in [0.25, 0.3) is 0 Å². The third-order valence-corrected chi connectivity index (χ3v) is 9.00. The molecule has 0 saturated heterocycles. The highest BCUT2D eigenvalue weighted by atomic mass is 15.0. The smallest absolute Gasteiger partial charge is 0.164 e. The Morgan fingerprint density at radius 2 is 0.556 bits per heavy atom. The Bertz CT molecular complexity index is 2570. The summed E-state index contributed by atoms with van der Waals surface area (Å²) in [5.74, 6) is 3.58. The molecule has 0 amide bonds. The molecule has 0 aliphatic rings. The molecule has 54 heavy (non-hydrogen) atoms. The van der Waals surface area contributed by atoms with Gasteiger partial charge in [-0.3, -0.25) is 4.98 Å². The van der Waals surface area contributed by atoms with Gasteiger partial charge in [0, 0.05) is 45.1 Å². The van der Waals surface area contributed by atoms with E-state index in [9.17, 15) is 0 Å². The Balaban J connectivity index is 1.20. The molecule has 0 aliphatic heterocycles. The molecule has 0 saturated carbocycles. The van der Waals surface area contributed by atoms with Crippen molar-refractivity contribution in [1.82, 2.24) is 34.9 Å². The molecule has 9 aromatic rings. The van der Waals surface area contributed by atoms with Crippen LogP contribution in [0.4, 0.5) is 0 Å². The average molecular weight is 694 g/mol. The fourth-order valence-electron chi connectivity index (χ4n) is 6.32. The van der Waals surface area contributed by atoms with Crippen LogP contribution in [-0.4, -0.2) is 34.9 Å². The minimum Gasteiger partial charge on any atom is -0.256 e. The number of aromatic nitrogens is 7. The van der Waals surface area contributed by atoms with Crippen molar-refractivity contribution in [3.63, 3.8) is 0 Å². The Morgan fingerprint density at radius 3 is 1.00 bits per heavy atom. The second-order valence-electron chi connectivity index (χ2n) is 12.7. The molecule has 3 heterocycles. The molecule has 0 bridgehead atoms. The van der Waals surface area contributed by atoms with Crippen molar-refractivity contribution < 1.29 is 0 Å². The Kier molecular flexibility index (Phi) is 8.77. The maximum atomic E-state index is 5.04. The Labute approximate surface area is 312 Å². The number of rotatable bonds is 8. The summed E-state index contributed by atoms with van der Waals surface area (Å²) < 4.78 is 0. The van der Waals surface area contributed by atoms with Crippen LogP contribution in [0.15, 0.2) is 188 Å². The van der Waals surface area contributed by atoms with Crippen LogP contribution in [0.5, 0.6) is 0 Å². The first kappa shape index (κ1) is 32.4. The summed E-state index contributed by atoms with van der Waals surface area (Å²) in [4.78, 5) is 34.5. The lowest BCUT2D eigenvalue weighted by Gasteiger charge is -2.13. The monoisotopic (exact) mass is 693 g/mol. The molecule has 0 unspecified atom stereocenters. The van der Waals surface area contributed by atoms with Gasteiger partial charge in [-0.1, -0.05) is 146 Å². The fourth-order valence-corrected chi connectivity index (χ4v) is 6.32. The highest BCUT2D eigenvalue weighted by molar-refractivity contribution is 5.81. The molecular weight excluding hydrogens is 663 g/mol. The standard InChI is InChI=1S/C47H31N7/c1-5-16-32(17-6-1)42-49-43(33-18-7-2-8-19-33)52-46(51-42)37-25-15-24-36(28-37)38-29-39(41-26-13-14-27-48-41)31-40(30-38)47-53-44(34-20-9-3-10-21-34)50-45(54-47)35-22-11-4-12-23-35/h1-31H. The van der Waals surface area contributed by atoms with E-state index < -0.39 is 0 Å². The van der Waals surface area contributed by atoms with Gasteiger partial charge in [-0.05, 0) is 47.5 Å². The lowest BCUT2D eigenvalue weighted by atomic mass is 9.96. The Hall–Kier alpha value is -7.51. The van der Waals surface area contributed by atoms with E-state index in [1.165, 1.54) is 0 Å². The SMILES string of the molecule is c1ccc(-c2nc(-c3ccccc3)nc(-c3cccc(-c4cc(-c5ccccn5)cc(-c5nc(-c6ccccc6)nc(-c6ccccc6)n5)c4)c3)n2)cc1. The van der Waals surface area contributed by atoms with E-state index in [1.54, 1.807) is 0 Å². The van der Waals surface area contributed by atoms with Gasteiger partial charge in [0.1, 0.15) is 0 Å². The summed E-state index contributed by atoms with van der Waals surface area (Å²) in [5.41, 5.74) is 9.11. The maximum Gasteiger partial charge on any atom is 0.164 e. The van der Waals surface area contributed by atoms with Crippen molar-refractivity contribution in [2.75, 3.05) is 0 Å². The van der Waals surface area contributed by atoms with Gasteiger partial charge >= 0.3 is 0 Å². The highest BCUT2D eigenvalue weighted by Crippen LogP contribution is 2.34. The van der Waals surface area contributed by atoms with Crippen LogP contribution < -0.4 is 0 Å². The predicted molar refractivity (Wildman–Crippen MR) is 214 cm³/mol. The molecular formula is C47H31N7. The van der Waals surface area contributed by atoms with Crippen molar-refractivity contribution in [1.29, 1.82) is 0 Å². The van der Waals surface area contributed by atoms with Gasteiger partial charge < -0.3 is 0 Å². The first-order chi connectivity index (χ1) is 26.7. The number of pyridine rings is 1. The lowest BCUT2D eigenvalue weighted by Crippen LogP contribution is -2.01. The van der Waals surface area contributed by atoms with E-state index in [4.69, 9.17) is 34.9 Å². The average Bonchev–Trinajstić information content (AvgIpc) is 3.27. The second kappa shape index (κ2) is 14.6. The molecule has 6 aromatic carbocycles. The largest absolute Gasteiger partial charge is 0.256 e. The van der Waals surface area contributed by atoms with E-state index in [0.29, 0.717) is 34.9 Å². The van der Waals surface area contributed by atoms with Gasteiger partial charge in [-0.15, -0.1) is 0 Å². The van der Waals surface area contributed by atoms with E-state index in [0.717, 1.165) is 55.8 Å². The van der Waals surface area contributed by atoms with Crippen LogP contribution in [0.1, 0.15) is 0 Å². The molecule has 7 nitrogen and oxygen atoms in total. The minimum atomic E-state index is 0.565. The zero-order valence-corrected chi connectivity index (χ0v) is 29.0. The van der Waals surface area contributed by atoms with E-state index in [-0.39, 0.29) is 0 Å². The topological polar surface area (TPSA) is 90.2 Å². The van der Waals surface area contributed by atoms with Gasteiger partial charge in [0.15, 0.2) is 34.9 Å². The maximum absolute atomic E-state index is 5.04. The van der Waals surface area contributed by atoms with Crippen LogP contribution in [0.2, 0.25) is 0 Å². The number of hydrogen-bond acceptors (Lipinski definition) is 7.